The number of nitrogens with one attached hydrogen (secondary N) is 1. The molecule has 1 aromatic rings. The van der Waals surface area contributed by atoms with Gasteiger partial charge < -0.3 is 19.9 Å². The molecule has 0 bridgehead atoms. The number of amides is 1. The maximum atomic E-state index is 11.7. The number of methoxy groups -OCH3 is 2. The lowest BCUT2D eigenvalue weighted by Crippen LogP contribution is -2.12. The number of rotatable bonds is 7. The molecule has 0 radical (unpaired) electrons. The van der Waals surface area contributed by atoms with Crippen LogP contribution in [0.5, 0.6) is 11.5 Å². The van der Waals surface area contributed by atoms with Crippen LogP contribution in [0.4, 0.5) is 5.69 Å². The minimum Gasteiger partial charge on any atom is -0.497 e. The first-order valence-corrected chi connectivity index (χ1v) is 5.84. The Morgan fingerprint density at radius 3 is 2.67 bits per heavy atom. The Kier molecular flexibility index (Phi) is 6.00. The van der Waals surface area contributed by atoms with Crippen molar-refractivity contribution in [1.29, 1.82) is 0 Å². The molecular formula is C13H19NO4. The van der Waals surface area contributed by atoms with Crippen LogP contribution in [0.25, 0.3) is 0 Å². The van der Waals surface area contributed by atoms with Crippen LogP contribution in [0.2, 0.25) is 0 Å². The van der Waals surface area contributed by atoms with E-state index in [1.807, 2.05) is 0 Å². The van der Waals surface area contributed by atoms with Crippen LogP contribution in [-0.2, 0) is 4.79 Å². The molecule has 5 nitrogen and oxygen atoms in total. The standard InChI is InChI=1S/C13H19NO4/c1-17-10-6-7-12(18-2)11(9-10)14-13(16)5-3-4-8-15/h6-7,9,15H,3-5,8H2,1-2H3,(H,14,16). The Hall–Kier alpha value is -1.75. The zero-order chi connectivity index (χ0) is 13.4. The minimum atomic E-state index is -0.102. The van der Waals surface area contributed by atoms with E-state index in [0.29, 0.717) is 36.4 Å². The molecule has 2 N–H and O–H groups in total. The van der Waals surface area contributed by atoms with Gasteiger partial charge in [0, 0.05) is 19.1 Å². The molecule has 18 heavy (non-hydrogen) atoms. The highest BCUT2D eigenvalue weighted by atomic mass is 16.5. The van der Waals surface area contributed by atoms with Gasteiger partial charge in [-0.25, -0.2) is 0 Å². The van der Waals surface area contributed by atoms with Crippen LogP contribution in [0, 0.1) is 0 Å². The molecule has 1 amide bonds. The van der Waals surface area contributed by atoms with Crippen LogP contribution in [-0.4, -0.2) is 31.8 Å². The van der Waals surface area contributed by atoms with Crippen molar-refractivity contribution in [1.82, 2.24) is 0 Å². The second-order valence-corrected chi connectivity index (χ2v) is 3.80. The van der Waals surface area contributed by atoms with Crippen LogP contribution in [0.3, 0.4) is 0 Å². The molecule has 100 valence electrons. The number of aliphatic hydroxyl groups excluding tert-OH is 1. The summed E-state index contributed by atoms with van der Waals surface area (Å²) in [6, 6.07) is 5.21. The lowest BCUT2D eigenvalue weighted by molar-refractivity contribution is -0.116. The second-order valence-electron chi connectivity index (χ2n) is 3.80. The number of hydrogen-bond acceptors (Lipinski definition) is 4. The maximum absolute atomic E-state index is 11.7. The Balaban J connectivity index is 2.66. The van der Waals surface area contributed by atoms with Crippen LogP contribution in [0.15, 0.2) is 18.2 Å². The number of anilines is 1. The maximum Gasteiger partial charge on any atom is 0.224 e. The summed E-state index contributed by atoms with van der Waals surface area (Å²) in [7, 11) is 3.11. The summed E-state index contributed by atoms with van der Waals surface area (Å²) in [6.45, 7) is 0.107. The van der Waals surface area contributed by atoms with E-state index in [0.717, 1.165) is 0 Å². The van der Waals surface area contributed by atoms with Crippen molar-refractivity contribution in [2.45, 2.75) is 19.3 Å². The average Bonchev–Trinajstić information content (AvgIpc) is 2.39. The Morgan fingerprint density at radius 1 is 1.28 bits per heavy atom. The predicted molar refractivity (Wildman–Crippen MR) is 69.1 cm³/mol. The molecule has 0 aliphatic heterocycles. The summed E-state index contributed by atoms with van der Waals surface area (Å²) < 4.78 is 10.3. The monoisotopic (exact) mass is 253 g/mol. The topological polar surface area (TPSA) is 67.8 Å². The zero-order valence-corrected chi connectivity index (χ0v) is 10.7. The smallest absolute Gasteiger partial charge is 0.224 e. The minimum absolute atomic E-state index is 0.102. The summed E-state index contributed by atoms with van der Waals surface area (Å²) in [5.41, 5.74) is 0.589. The number of aliphatic hydroxyl groups is 1. The summed E-state index contributed by atoms with van der Waals surface area (Å²) in [4.78, 5) is 11.7. The fourth-order valence-corrected chi connectivity index (χ4v) is 1.52. The molecule has 0 unspecified atom stereocenters. The molecule has 0 aliphatic carbocycles. The highest BCUT2D eigenvalue weighted by Crippen LogP contribution is 2.28. The summed E-state index contributed by atoms with van der Waals surface area (Å²) >= 11 is 0. The largest absolute Gasteiger partial charge is 0.497 e. The van der Waals surface area contributed by atoms with E-state index in [2.05, 4.69) is 5.32 Å². The van der Waals surface area contributed by atoms with E-state index in [1.54, 1.807) is 32.4 Å². The molecule has 0 heterocycles. The van der Waals surface area contributed by atoms with E-state index < -0.39 is 0 Å². The lowest BCUT2D eigenvalue weighted by atomic mass is 10.2. The van der Waals surface area contributed by atoms with E-state index in [4.69, 9.17) is 14.6 Å². The fourth-order valence-electron chi connectivity index (χ4n) is 1.52. The highest BCUT2D eigenvalue weighted by molar-refractivity contribution is 5.92. The van der Waals surface area contributed by atoms with Gasteiger partial charge >= 0.3 is 0 Å². The van der Waals surface area contributed by atoms with Crippen molar-refractivity contribution in [3.63, 3.8) is 0 Å². The molecule has 0 atom stereocenters. The number of carbonyl (C=O) groups is 1. The van der Waals surface area contributed by atoms with Gasteiger partial charge in [0.2, 0.25) is 5.91 Å². The number of hydrogen-bond donors (Lipinski definition) is 2. The van der Waals surface area contributed by atoms with Crippen molar-refractivity contribution in [3.8, 4) is 11.5 Å². The molecule has 1 rings (SSSR count). The number of benzene rings is 1. The molecule has 0 spiro atoms. The Labute approximate surface area is 107 Å². The number of carbonyl (C=O) groups excluding carboxylic acids is 1. The van der Waals surface area contributed by atoms with Crippen molar-refractivity contribution in [2.75, 3.05) is 26.1 Å². The molecule has 0 saturated heterocycles. The fraction of sp³-hybridized carbons (Fsp3) is 0.462. The van der Waals surface area contributed by atoms with Gasteiger partial charge in [0.15, 0.2) is 0 Å². The Bertz CT molecular complexity index is 393. The van der Waals surface area contributed by atoms with E-state index in [-0.39, 0.29) is 12.5 Å². The first-order chi connectivity index (χ1) is 8.71. The molecule has 0 aliphatic rings. The van der Waals surface area contributed by atoms with Crippen LogP contribution < -0.4 is 14.8 Å². The first-order valence-electron chi connectivity index (χ1n) is 5.84. The van der Waals surface area contributed by atoms with Crippen LogP contribution in [0.1, 0.15) is 19.3 Å². The number of unbranched alkanes of at least 4 members (excludes halogenated alkanes) is 1. The van der Waals surface area contributed by atoms with E-state index in [1.165, 1.54) is 0 Å². The predicted octanol–water partition coefficient (Wildman–Crippen LogP) is 1.80. The van der Waals surface area contributed by atoms with Crippen LogP contribution >= 0.6 is 0 Å². The lowest BCUT2D eigenvalue weighted by Gasteiger charge is -2.11. The quantitative estimate of drug-likeness (QED) is 0.727. The van der Waals surface area contributed by atoms with Gasteiger partial charge in [0.25, 0.3) is 0 Å². The molecule has 5 heteroatoms. The van der Waals surface area contributed by atoms with Gasteiger partial charge in [0.05, 0.1) is 19.9 Å². The Morgan fingerprint density at radius 2 is 2.06 bits per heavy atom. The van der Waals surface area contributed by atoms with Crippen molar-refractivity contribution < 1.29 is 19.4 Å². The highest BCUT2D eigenvalue weighted by Gasteiger charge is 2.08. The molecule has 0 aromatic heterocycles. The molecule has 0 fully saturated rings. The van der Waals surface area contributed by atoms with Crippen molar-refractivity contribution in [2.24, 2.45) is 0 Å². The third-order valence-corrected chi connectivity index (χ3v) is 2.49. The second kappa shape index (κ2) is 7.55. The summed E-state index contributed by atoms with van der Waals surface area (Å²) in [5.74, 6) is 1.14. The molecule has 1 aromatic carbocycles. The third kappa shape index (κ3) is 4.25. The third-order valence-electron chi connectivity index (χ3n) is 2.49. The normalized spacial score (nSPS) is 9.94. The van der Waals surface area contributed by atoms with Crippen molar-refractivity contribution >= 4 is 11.6 Å². The van der Waals surface area contributed by atoms with E-state index >= 15 is 0 Å². The zero-order valence-electron chi connectivity index (χ0n) is 10.7. The van der Waals surface area contributed by atoms with Crippen molar-refractivity contribution in [3.05, 3.63) is 18.2 Å². The van der Waals surface area contributed by atoms with Gasteiger partial charge in [0.1, 0.15) is 11.5 Å². The SMILES string of the molecule is COc1ccc(OC)c(NC(=O)CCCCO)c1. The van der Waals surface area contributed by atoms with E-state index in [9.17, 15) is 4.79 Å². The van der Waals surface area contributed by atoms with Gasteiger partial charge in [-0.05, 0) is 25.0 Å². The van der Waals surface area contributed by atoms with Gasteiger partial charge in [-0.15, -0.1) is 0 Å². The van der Waals surface area contributed by atoms with Gasteiger partial charge in [-0.1, -0.05) is 0 Å². The summed E-state index contributed by atoms with van der Waals surface area (Å²) in [5, 5.41) is 11.4. The summed E-state index contributed by atoms with van der Waals surface area (Å²) in [6.07, 6.45) is 1.66. The first kappa shape index (κ1) is 14.3. The average molecular weight is 253 g/mol. The molecular weight excluding hydrogens is 234 g/mol. The van der Waals surface area contributed by atoms with Gasteiger partial charge in [-0.2, -0.15) is 0 Å². The van der Waals surface area contributed by atoms with Gasteiger partial charge in [-0.3, -0.25) is 4.79 Å². The number of ether oxygens (including phenoxy) is 2. The molecule has 0 saturated carbocycles.